The highest BCUT2D eigenvalue weighted by atomic mass is 35.5. The number of allylic oxidation sites excluding steroid dienone is 1. The summed E-state index contributed by atoms with van der Waals surface area (Å²) in [5.41, 5.74) is 1.08. The molecule has 2 aromatic carbocycles. The Balaban J connectivity index is 1.75. The van der Waals surface area contributed by atoms with Gasteiger partial charge in [0.05, 0.1) is 24.1 Å². The molecule has 8 heteroatoms. The van der Waals surface area contributed by atoms with Gasteiger partial charge in [-0.25, -0.2) is 8.42 Å². The van der Waals surface area contributed by atoms with Crippen molar-refractivity contribution in [2.45, 2.75) is 30.6 Å². The Bertz CT molecular complexity index is 1060. The van der Waals surface area contributed by atoms with E-state index >= 15 is 0 Å². The fourth-order valence-corrected chi connectivity index (χ4v) is 5.34. The number of hydrogen-bond acceptors (Lipinski definition) is 5. The highest BCUT2D eigenvalue weighted by molar-refractivity contribution is 7.89. The number of ketones is 1. The molecule has 2 aromatic rings. The van der Waals surface area contributed by atoms with Gasteiger partial charge in [0, 0.05) is 18.7 Å². The van der Waals surface area contributed by atoms with Crippen LogP contribution >= 0.6 is 11.6 Å². The van der Waals surface area contributed by atoms with Gasteiger partial charge in [-0.3, -0.25) is 4.79 Å². The minimum Gasteiger partial charge on any atom is -0.493 e. The van der Waals surface area contributed by atoms with Crippen LogP contribution in [0.3, 0.4) is 0 Å². The predicted molar refractivity (Wildman–Crippen MR) is 122 cm³/mol. The van der Waals surface area contributed by atoms with E-state index in [1.54, 1.807) is 30.3 Å². The number of benzene rings is 2. The Morgan fingerprint density at radius 2 is 1.65 bits per heavy atom. The first-order valence-electron chi connectivity index (χ1n) is 10.1. The second-order valence-corrected chi connectivity index (χ2v) is 9.62. The third-order valence-electron chi connectivity index (χ3n) is 5.22. The van der Waals surface area contributed by atoms with E-state index in [4.69, 9.17) is 21.1 Å². The number of nitrogens with zero attached hydrogens (tertiary/aromatic N) is 1. The van der Waals surface area contributed by atoms with Gasteiger partial charge in [0.2, 0.25) is 10.0 Å². The van der Waals surface area contributed by atoms with Crippen LogP contribution in [0.15, 0.2) is 47.4 Å². The Hall–Kier alpha value is -2.35. The number of hydrogen-bond donors (Lipinski definition) is 0. The largest absolute Gasteiger partial charge is 0.493 e. The van der Waals surface area contributed by atoms with Gasteiger partial charge in [-0.2, -0.15) is 4.31 Å². The third kappa shape index (κ3) is 5.47. The molecule has 1 aliphatic heterocycles. The summed E-state index contributed by atoms with van der Waals surface area (Å²) in [6.07, 6.45) is 6.89. The SMILES string of the molecule is COc1cc(C=CC(=O)c2ccc(S(=O)(=O)N3CCCCCC3)cc2)cc(Cl)c1OC. The lowest BCUT2D eigenvalue weighted by molar-refractivity contribution is 0.104. The third-order valence-corrected chi connectivity index (χ3v) is 7.42. The normalized spacial score (nSPS) is 15.6. The summed E-state index contributed by atoms with van der Waals surface area (Å²) in [5, 5.41) is 0.372. The Morgan fingerprint density at radius 1 is 1.00 bits per heavy atom. The molecule has 1 heterocycles. The Kier molecular flexibility index (Phi) is 7.75. The summed E-state index contributed by atoms with van der Waals surface area (Å²) in [4.78, 5) is 12.8. The Labute approximate surface area is 188 Å². The van der Waals surface area contributed by atoms with E-state index in [1.165, 1.54) is 36.7 Å². The molecule has 0 bridgehead atoms. The second kappa shape index (κ2) is 10.3. The van der Waals surface area contributed by atoms with Crippen LogP contribution in [0.5, 0.6) is 11.5 Å². The Morgan fingerprint density at radius 3 is 2.23 bits per heavy atom. The van der Waals surface area contributed by atoms with Gasteiger partial charge in [-0.1, -0.05) is 30.5 Å². The number of carbonyl (C=O) groups is 1. The molecule has 0 aromatic heterocycles. The van der Waals surface area contributed by atoms with Crippen LogP contribution in [0.4, 0.5) is 0 Å². The predicted octanol–water partition coefficient (Wildman–Crippen LogP) is 4.82. The monoisotopic (exact) mass is 463 g/mol. The number of sulfonamides is 1. The zero-order valence-electron chi connectivity index (χ0n) is 17.6. The summed E-state index contributed by atoms with van der Waals surface area (Å²) in [6, 6.07) is 9.45. The first kappa shape index (κ1) is 23.3. The lowest BCUT2D eigenvalue weighted by Gasteiger charge is -2.19. The molecule has 0 saturated carbocycles. The van der Waals surface area contributed by atoms with Crippen molar-refractivity contribution in [3.05, 3.63) is 58.6 Å². The van der Waals surface area contributed by atoms with E-state index in [-0.39, 0.29) is 10.7 Å². The van der Waals surface area contributed by atoms with Crippen LogP contribution in [-0.4, -0.2) is 45.8 Å². The number of ether oxygens (including phenoxy) is 2. The van der Waals surface area contributed by atoms with Crippen molar-refractivity contribution in [3.8, 4) is 11.5 Å². The average molecular weight is 464 g/mol. The van der Waals surface area contributed by atoms with Crippen LogP contribution in [0.1, 0.15) is 41.6 Å². The smallest absolute Gasteiger partial charge is 0.243 e. The number of carbonyl (C=O) groups excluding carboxylic acids is 1. The van der Waals surface area contributed by atoms with Crippen LogP contribution in [0.25, 0.3) is 6.08 Å². The van der Waals surface area contributed by atoms with Crippen molar-refractivity contribution in [2.75, 3.05) is 27.3 Å². The minimum absolute atomic E-state index is 0.210. The molecule has 166 valence electrons. The molecule has 6 nitrogen and oxygen atoms in total. The second-order valence-electron chi connectivity index (χ2n) is 7.28. The van der Waals surface area contributed by atoms with Crippen molar-refractivity contribution in [3.63, 3.8) is 0 Å². The molecule has 0 radical (unpaired) electrons. The molecule has 1 saturated heterocycles. The fraction of sp³-hybridized carbons (Fsp3) is 0.348. The molecule has 0 aliphatic carbocycles. The van der Waals surface area contributed by atoms with Crippen molar-refractivity contribution in [1.29, 1.82) is 0 Å². The molecule has 1 fully saturated rings. The summed E-state index contributed by atoms with van der Waals surface area (Å²) >= 11 is 6.20. The van der Waals surface area contributed by atoms with Crippen LogP contribution in [0, 0.1) is 0 Å². The highest BCUT2D eigenvalue weighted by Crippen LogP contribution is 2.36. The molecular weight excluding hydrogens is 438 g/mol. The summed E-state index contributed by atoms with van der Waals surface area (Å²) in [6.45, 7) is 1.08. The van der Waals surface area contributed by atoms with Crippen molar-refractivity contribution >= 4 is 33.5 Å². The van der Waals surface area contributed by atoms with Gasteiger partial charge in [0.15, 0.2) is 17.3 Å². The molecule has 0 atom stereocenters. The molecular formula is C23H26ClNO5S. The first-order valence-corrected chi connectivity index (χ1v) is 11.9. The van der Waals surface area contributed by atoms with E-state index in [9.17, 15) is 13.2 Å². The number of halogens is 1. The lowest BCUT2D eigenvalue weighted by atomic mass is 10.1. The zero-order valence-corrected chi connectivity index (χ0v) is 19.2. The standard InChI is InChI=1S/C23H26ClNO5S/c1-29-22-16-17(15-20(24)23(22)30-2)7-12-21(26)18-8-10-19(11-9-18)31(27,28)25-13-5-3-4-6-14-25/h7-12,15-16H,3-6,13-14H2,1-2H3. The van der Waals surface area contributed by atoms with E-state index in [1.807, 2.05) is 0 Å². The zero-order chi connectivity index (χ0) is 22.4. The van der Waals surface area contributed by atoms with E-state index in [0.717, 1.165) is 25.7 Å². The molecule has 0 amide bonds. The number of methoxy groups -OCH3 is 2. The lowest BCUT2D eigenvalue weighted by Crippen LogP contribution is -2.31. The van der Waals surface area contributed by atoms with Crippen molar-refractivity contribution in [2.24, 2.45) is 0 Å². The molecule has 1 aliphatic rings. The fourth-order valence-electron chi connectivity index (χ4n) is 3.52. The van der Waals surface area contributed by atoms with E-state index in [0.29, 0.717) is 40.7 Å². The van der Waals surface area contributed by atoms with Gasteiger partial charge in [-0.15, -0.1) is 0 Å². The maximum atomic E-state index is 12.9. The molecule has 0 spiro atoms. The van der Waals surface area contributed by atoms with Gasteiger partial charge >= 0.3 is 0 Å². The number of rotatable bonds is 7. The average Bonchev–Trinajstić information content (AvgIpc) is 3.07. The van der Waals surface area contributed by atoms with Crippen molar-refractivity contribution in [1.82, 2.24) is 4.31 Å². The first-order chi connectivity index (χ1) is 14.9. The maximum absolute atomic E-state index is 12.9. The quantitative estimate of drug-likeness (QED) is 0.435. The summed E-state index contributed by atoms with van der Waals surface area (Å²) < 4.78 is 37.7. The van der Waals surface area contributed by atoms with E-state index in [2.05, 4.69) is 0 Å². The maximum Gasteiger partial charge on any atom is 0.243 e. The molecule has 0 N–H and O–H groups in total. The molecule has 31 heavy (non-hydrogen) atoms. The van der Waals surface area contributed by atoms with Gasteiger partial charge in [-0.05, 0) is 60.9 Å². The summed E-state index contributed by atoms with van der Waals surface area (Å²) in [5.74, 6) is 0.642. The van der Waals surface area contributed by atoms with Gasteiger partial charge in [0.1, 0.15) is 0 Å². The van der Waals surface area contributed by atoms with Crippen LogP contribution in [0.2, 0.25) is 5.02 Å². The van der Waals surface area contributed by atoms with Crippen LogP contribution < -0.4 is 9.47 Å². The van der Waals surface area contributed by atoms with Gasteiger partial charge in [0.25, 0.3) is 0 Å². The minimum atomic E-state index is -3.54. The van der Waals surface area contributed by atoms with Crippen molar-refractivity contribution < 1.29 is 22.7 Å². The molecule has 3 rings (SSSR count). The van der Waals surface area contributed by atoms with Gasteiger partial charge < -0.3 is 9.47 Å². The topological polar surface area (TPSA) is 72.9 Å². The molecule has 0 unspecified atom stereocenters. The summed E-state index contributed by atoms with van der Waals surface area (Å²) in [7, 11) is -0.531. The highest BCUT2D eigenvalue weighted by Gasteiger charge is 2.25. The van der Waals surface area contributed by atoms with E-state index < -0.39 is 10.0 Å². The van der Waals surface area contributed by atoms with Crippen LogP contribution in [-0.2, 0) is 10.0 Å².